The van der Waals surface area contributed by atoms with Crippen LogP contribution in [0.15, 0.2) is 45.3 Å². The Morgan fingerprint density at radius 3 is 2.09 bits per heavy atom. The van der Waals surface area contributed by atoms with Gasteiger partial charge in [0.05, 0.1) is 5.69 Å². The zero-order valence-corrected chi connectivity index (χ0v) is 17.9. The van der Waals surface area contributed by atoms with Crippen molar-refractivity contribution in [1.29, 1.82) is 0 Å². The molecule has 0 aliphatic carbocycles. The number of urea groups is 1. The number of hydrogen-bond acceptors (Lipinski definition) is 1. The van der Waals surface area contributed by atoms with Crippen molar-refractivity contribution < 1.29 is 4.79 Å². The lowest BCUT2D eigenvalue weighted by Crippen LogP contribution is -2.20. The van der Waals surface area contributed by atoms with Crippen molar-refractivity contribution in [2.24, 2.45) is 0 Å². The normalized spacial score (nSPS) is 10.8. The van der Waals surface area contributed by atoms with E-state index in [1.807, 2.05) is 36.4 Å². The van der Waals surface area contributed by atoms with Crippen molar-refractivity contribution in [3.8, 4) is 0 Å². The van der Waals surface area contributed by atoms with Crippen molar-refractivity contribution in [2.75, 3.05) is 10.6 Å². The molecule has 0 aromatic heterocycles. The van der Waals surface area contributed by atoms with E-state index in [2.05, 4.69) is 56.3 Å². The molecule has 2 rings (SSSR count). The quantitative estimate of drug-likeness (QED) is 0.695. The lowest BCUT2D eigenvalue weighted by atomic mass is 10.0. The Bertz CT molecular complexity index is 664. The SMILES string of the molecule is CC(C)c1cc(Br)c(NC(=O)Nc2ccc([SiH3])cc2)c(Br)c1. The maximum atomic E-state index is 12.1. The van der Waals surface area contributed by atoms with Gasteiger partial charge in [0.15, 0.2) is 0 Å². The Labute approximate surface area is 150 Å². The highest BCUT2D eigenvalue weighted by molar-refractivity contribution is 9.11. The van der Waals surface area contributed by atoms with E-state index in [-0.39, 0.29) is 6.03 Å². The third-order valence-corrected chi connectivity index (χ3v) is 5.20. The molecule has 2 N–H and O–H groups in total. The molecule has 0 atom stereocenters. The number of carbonyl (C=O) groups is 1. The molecule has 6 heteroatoms. The summed E-state index contributed by atoms with van der Waals surface area (Å²) in [5.41, 5.74) is 2.71. The van der Waals surface area contributed by atoms with Gasteiger partial charge in [-0.2, -0.15) is 0 Å². The van der Waals surface area contributed by atoms with Crippen molar-refractivity contribution in [3.63, 3.8) is 0 Å². The molecule has 2 aromatic carbocycles. The predicted octanol–water partition coefficient (Wildman–Crippen LogP) is 3.97. The summed E-state index contributed by atoms with van der Waals surface area (Å²) < 4.78 is 1.71. The third kappa shape index (κ3) is 4.44. The standard InChI is InChI=1S/C16H18Br2N2OSi/c1-9(2)10-7-13(17)15(14(18)8-10)20-16(21)19-11-3-5-12(22)6-4-11/h3-9H,1-2,22H3,(H2,19,20,21). The lowest BCUT2D eigenvalue weighted by Gasteiger charge is -2.14. The lowest BCUT2D eigenvalue weighted by molar-refractivity contribution is 0.262. The van der Waals surface area contributed by atoms with Crippen LogP contribution in [0.3, 0.4) is 0 Å². The van der Waals surface area contributed by atoms with Gasteiger partial charge < -0.3 is 10.6 Å². The monoisotopic (exact) mass is 440 g/mol. The van der Waals surface area contributed by atoms with Crippen molar-refractivity contribution in [2.45, 2.75) is 19.8 Å². The fraction of sp³-hybridized carbons (Fsp3) is 0.188. The maximum absolute atomic E-state index is 12.1. The van der Waals surface area contributed by atoms with Crippen molar-refractivity contribution >= 4 is 64.7 Å². The van der Waals surface area contributed by atoms with Gasteiger partial charge in [0.25, 0.3) is 0 Å². The second-order valence-corrected chi connectivity index (χ2v) is 8.32. The highest BCUT2D eigenvalue weighted by Gasteiger charge is 2.12. The molecule has 2 aromatic rings. The molecule has 0 saturated carbocycles. The summed E-state index contributed by atoms with van der Waals surface area (Å²) in [6.45, 7) is 4.27. The van der Waals surface area contributed by atoms with Crippen LogP contribution < -0.4 is 15.8 Å². The number of nitrogens with one attached hydrogen (secondary N) is 2. The van der Waals surface area contributed by atoms with Gasteiger partial charge in [0.2, 0.25) is 0 Å². The van der Waals surface area contributed by atoms with E-state index in [0.29, 0.717) is 5.92 Å². The first kappa shape index (κ1) is 17.2. The van der Waals surface area contributed by atoms with Crippen LogP contribution in [0.25, 0.3) is 0 Å². The summed E-state index contributed by atoms with van der Waals surface area (Å²) in [5.74, 6) is 0.423. The van der Waals surface area contributed by atoms with E-state index in [1.54, 1.807) is 0 Å². The van der Waals surface area contributed by atoms with Gasteiger partial charge in [0, 0.05) is 24.9 Å². The molecule has 0 bridgehead atoms. The minimum atomic E-state index is -0.264. The molecule has 0 unspecified atom stereocenters. The average molecular weight is 442 g/mol. The van der Waals surface area contributed by atoms with Gasteiger partial charge in [-0.05, 0) is 67.6 Å². The molecule has 0 fully saturated rings. The molecular formula is C16H18Br2N2OSi. The number of amides is 2. The van der Waals surface area contributed by atoms with Crippen molar-refractivity contribution in [1.82, 2.24) is 0 Å². The summed E-state index contributed by atoms with van der Waals surface area (Å²) in [4.78, 5) is 12.1. The van der Waals surface area contributed by atoms with Gasteiger partial charge >= 0.3 is 6.03 Å². The molecule has 0 aliphatic rings. The highest BCUT2D eigenvalue weighted by Crippen LogP contribution is 2.34. The Balaban J connectivity index is 2.13. The second-order valence-electron chi connectivity index (χ2n) is 5.46. The number of halogens is 2. The largest absolute Gasteiger partial charge is 0.323 e. The van der Waals surface area contributed by atoms with E-state index in [0.717, 1.165) is 30.6 Å². The first-order valence-corrected chi connectivity index (χ1v) is 9.59. The van der Waals surface area contributed by atoms with Crippen LogP contribution in [-0.4, -0.2) is 16.3 Å². The van der Waals surface area contributed by atoms with E-state index in [4.69, 9.17) is 0 Å². The summed E-state index contributed by atoms with van der Waals surface area (Å²) >= 11 is 7.04. The smallest absolute Gasteiger partial charge is 0.308 e. The van der Waals surface area contributed by atoms with Crippen LogP contribution in [-0.2, 0) is 0 Å². The predicted molar refractivity (Wildman–Crippen MR) is 105 cm³/mol. The molecule has 0 spiro atoms. The number of hydrogen-bond donors (Lipinski definition) is 2. The molecule has 3 nitrogen and oxygen atoms in total. The minimum Gasteiger partial charge on any atom is -0.308 e. The van der Waals surface area contributed by atoms with Crippen LogP contribution in [0.1, 0.15) is 25.3 Å². The fourth-order valence-electron chi connectivity index (χ4n) is 1.96. The fourth-order valence-corrected chi connectivity index (χ4v) is 3.71. The molecular weight excluding hydrogens is 424 g/mol. The summed E-state index contributed by atoms with van der Waals surface area (Å²) in [7, 11) is 1.01. The van der Waals surface area contributed by atoms with Crippen molar-refractivity contribution in [3.05, 3.63) is 50.9 Å². The minimum absolute atomic E-state index is 0.264. The summed E-state index contributed by atoms with van der Waals surface area (Å²) in [6, 6.07) is 11.7. The van der Waals surface area contributed by atoms with E-state index >= 15 is 0 Å². The Morgan fingerprint density at radius 2 is 1.59 bits per heavy atom. The van der Waals surface area contributed by atoms with Crippen LogP contribution >= 0.6 is 31.9 Å². The number of anilines is 2. The highest BCUT2D eigenvalue weighted by atomic mass is 79.9. The molecule has 2 amide bonds. The second kappa shape index (κ2) is 7.44. The molecule has 22 heavy (non-hydrogen) atoms. The molecule has 0 heterocycles. The van der Waals surface area contributed by atoms with Gasteiger partial charge in [-0.25, -0.2) is 4.79 Å². The number of rotatable bonds is 3. The first-order chi connectivity index (χ1) is 10.4. The topological polar surface area (TPSA) is 41.1 Å². The zero-order chi connectivity index (χ0) is 16.3. The molecule has 0 aliphatic heterocycles. The maximum Gasteiger partial charge on any atom is 0.323 e. The van der Waals surface area contributed by atoms with E-state index in [9.17, 15) is 4.79 Å². The van der Waals surface area contributed by atoms with Gasteiger partial charge in [-0.3, -0.25) is 0 Å². The van der Waals surface area contributed by atoms with E-state index in [1.165, 1.54) is 10.8 Å². The summed E-state index contributed by atoms with van der Waals surface area (Å²) in [5, 5.41) is 7.00. The van der Waals surface area contributed by atoms with Crippen LogP contribution in [0.2, 0.25) is 0 Å². The van der Waals surface area contributed by atoms with Gasteiger partial charge in [-0.15, -0.1) is 0 Å². The molecule has 116 valence electrons. The van der Waals surface area contributed by atoms with E-state index < -0.39 is 0 Å². The van der Waals surface area contributed by atoms with Gasteiger partial charge in [0.1, 0.15) is 0 Å². The first-order valence-electron chi connectivity index (χ1n) is 7.00. The van der Waals surface area contributed by atoms with Crippen LogP contribution in [0, 0.1) is 0 Å². The Kier molecular flexibility index (Phi) is 5.83. The number of benzene rings is 2. The summed E-state index contributed by atoms with van der Waals surface area (Å²) in [6.07, 6.45) is 0. The number of carbonyl (C=O) groups excluding carboxylic acids is 1. The Hall–Kier alpha value is -1.11. The zero-order valence-electron chi connectivity index (χ0n) is 12.7. The average Bonchev–Trinajstić information content (AvgIpc) is 2.45. The third-order valence-electron chi connectivity index (χ3n) is 3.28. The molecule has 0 radical (unpaired) electrons. The van der Waals surface area contributed by atoms with Crippen LogP contribution in [0.4, 0.5) is 16.2 Å². The molecule has 0 saturated heterocycles. The van der Waals surface area contributed by atoms with Crippen LogP contribution in [0.5, 0.6) is 0 Å². The van der Waals surface area contributed by atoms with Gasteiger partial charge in [-0.1, -0.05) is 31.2 Å². The Morgan fingerprint density at radius 1 is 1.05 bits per heavy atom.